The fourth-order valence-corrected chi connectivity index (χ4v) is 8.63. The lowest BCUT2D eigenvalue weighted by molar-refractivity contribution is 1.18. The van der Waals surface area contributed by atoms with Gasteiger partial charge in [-0.1, -0.05) is 152 Å². The Bertz CT molecular complexity index is 3220. The SMILES string of the molecule is c1ccc(-c2cccc(-c3cccc(-n4c5ccccc5c5cc(-c6ccc7c(c6)c6ccc(-c8ccccc8)cc6n7-c6ccccc6)ccc54)c3)c2)cc1. The highest BCUT2D eigenvalue weighted by molar-refractivity contribution is 6.13. The zero-order valence-electron chi connectivity index (χ0n) is 30.7. The van der Waals surface area contributed by atoms with Gasteiger partial charge in [-0.15, -0.1) is 0 Å². The van der Waals surface area contributed by atoms with Gasteiger partial charge in [0.25, 0.3) is 0 Å². The molecule has 0 aliphatic heterocycles. The maximum absolute atomic E-state index is 2.42. The summed E-state index contributed by atoms with van der Waals surface area (Å²) >= 11 is 0. The van der Waals surface area contributed by atoms with E-state index in [0.717, 1.165) is 11.4 Å². The number of fused-ring (bicyclic) bond motifs is 6. The van der Waals surface area contributed by atoms with E-state index in [4.69, 9.17) is 0 Å². The van der Waals surface area contributed by atoms with E-state index in [1.165, 1.54) is 88.1 Å². The predicted octanol–water partition coefficient (Wildman–Crippen LogP) is 14.5. The first-order chi connectivity index (χ1) is 27.8. The van der Waals surface area contributed by atoms with Gasteiger partial charge in [0.1, 0.15) is 0 Å². The lowest BCUT2D eigenvalue weighted by atomic mass is 9.99. The van der Waals surface area contributed by atoms with Crippen molar-refractivity contribution in [3.05, 3.63) is 218 Å². The van der Waals surface area contributed by atoms with Crippen molar-refractivity contribution in [1.82, 2.24) is 9.13 Å². The third-order valence-electron chi connectivity index (χ3n) is 11.3. The van der Waals surface area contributed by atoms with E-state index in [1.807, 2.05) is 0 Å². The van der Waals surface area contributed by atoms with Crippen LogP contribution >= 0.6 is 0 Å². The van der Waals surface area contributed by atoms with Gasteiger partial charge in [0.05, 0.1) is 22.1 Å². The second-order valence-electron chi connectivity index (χ2n) is 14.6. The Morgan fingerprint density at radius 2 is 0.607 bits per heavy atom. The Labute approximate surface area is 325 Å². The smallest absolute Gasteiger partial charge is 0.0547 e. The molecule has 0 saturated heterocycles. The molecule has 0 atom stereocenters. The molecular formula is C54H36N2. The number of hydrogen-bond acceptors (Lipinski definition) is 0. The maximum Gasteiger partial charge on any atom is 0.0547 e. The number of benzene rings is 9. The molecule has 0 N–H and O–H groups in total. The van der Waals surface area contributed by atoms with Crippen molar-refractivity contribution in [3.63, 3.8) is 0 Å². The van der Waals surface area contributed by atoms with Crippen LogP contribution in [0.3, 0.4) is 0 Å². The van der Waals surface area contributed by atoms with Gasteiger partial charge in [-0.2, -0.15) is 0 Å². The molecule has 2 heteroatoms. The molecule has 2 heterocycles. The lowest BCUT2D eigenvalue weighted by Gasteiger charge is -2.12. The van der Waals surface area contributed by atoms with Crippen molar-refractivity contribution in [1.29, 1.82) is 0 Å². The highest BCUT2D eigenvalue weighted by atomic mass is 15.0. The number of rotatable bonds is 6. The van der Waals surface area contributed by atoms with Crippen LogP contribution in [0.15, 0.2) is 218 Å². The van der Waals surface area contributed by atoms with Gasteiger partial charge in [0, 0.05) is 32.9 Å². The van der Waals surface area contributed by atoms with Gasteiger partial charge in [-0.3, -0.25) is 0 Å². The van der Waals surface area contributed by atoms with Crippen LogP contribution in [0.2, 0.25) is 0 Å². The minimum absolute atomic E-state index is 1.15. The van der Waals surface area contributed by atoms with Crippen LogP contribution in [0.25, 0.3) is 99.5 Å². The van der Waals surface area contributed by atoms with E-state index < -0.39 is 0 Å². The quantitative estimate of drug-likeness (QED) is 0.162. The number of hydrogen-bond donors (Lipinski definition) is 0. The van der Waals surface area contributed by atoms with E-state index in [9.17, 15) is 0 Å². The minimum atomic E-state index is 1.15. The van der Waals surface area contributed by atoms with Crippen LogP contribution in [-0.2, 0) is 0 Å². The zero-order valence-corrected chi connectivity index (χ0v) is 30.7. The molecule has 0 amide bonds. The van der Waals surface area contributed by atoms with Crippen molar-refractivity contribution in [2.24, 2.45) is 0 Å². The third kappa shape index (κ3) is 5.34. The first-order valence-electron chi connectivity index (χ1n) is 19.3. The van der Waals surface area contributed by atoms with Gasteiger partial charge < -0.3 is 9.13 Å². The van der Waals surface area contributed by atoms with Crippen molar-refractivity contribution in [2.45, 2.75) is 0 Å². The summed E-state index contributed by atoms with van der Waals surface area (Å²) in [5, 5.41) is 4.99. The van der Waals surface area contributed by atoms with Crippen molar-refractivity contribution >= 4 is 43.6 Å². The molecule has 262 valence electrons. The number of aromatic nitrogens is 2. The molecular weight excluding hydrogens is 677 g/mol. The van der Waals surface area contributed by atoms with Gasteiger partial charge in [-0.25, -0.2) is 0 Å². The molecule has 0 bridgehead atoms. The van der Waals surface area contributed by atoms with Crippen LogP contribution in [0.1, 0.15) is 0 Å². The summed E-state index contributed by atoms with van der Waals surface area (Å²) < 4.78 is 4.82. The van der Waals surface area contributed by atoms with Gasteiger partial charge in [0.15, 0.2) is 0 Å². The Balaban J connectivity index is 1.04. The van der Waals surface area contributed by atoms with Crippen molar-refractivity contribution < 1.29 is 0 Å². The molecule has 56 heavy (non-hydrogen) atoms. The molecule has 0 saturated carbocycles. The maximum atomic E-state index is 2.42. The average Bonchev–Trinajstić information content (AvgIpc) is 3.79. The summed E-state index contributed by atoms with van der Waals surface area (Å²) in [6, 6.07) is 79.4. The molecule has 0 fully saturated rings. The summed E-state index contributed by atoms with van der Waals surface area (Å²) in [7, 11) is 0. The fourth-order valence-electron chi connectivity index (χ4n) is 8.63. The monoisotopic (exact) mass is 712 g/mol. The Morgan fingerprint density at radius 3 is 1.27 bits per heavy atom. The topological polar surface area (TPSA) is 9.86 Å². The highest BCUT2D eigenvalue weighted by Crippen LogP contribution is 2.40. The predicted molar refractivity (Wildman–Crippen MR) is 237 cm³/mol. The summed E-state index contributed by atoms with van der Waals surface area (Å²) in [4.78, 5) is 0. The first-order valence-corrected chi connectivity index (χ1v) is 19.3. The summed E-state index contributed by atoms with van der Waals surface area (Å²) in [6.45, 7) is 0. The van der Waals surface area contributed by atoms with Gasteiger partial charge >= 0.3 is 0 Å². The lowest BCUT2D eigenvalue weighted by Crippen LogP contribution is -1.94. The molecule has 0 aliphatic carbocycles. The molecule has 2 nitrogen and oxygen atoms in total. The van der Waals surface area contributed by atoms with Crippen LogP contribution in [0, 0.1) is 0 Å². The molecule has 11 aromatic rings. The zero-order chi connectivity index (χ0) is 37.0. The Kier molecular flexibility index (Phi) is 7.53. The van der Waals surface area contributed by atoms with E-state index in [1.54, 1.807) is 0 Å². The average molecular weight is 713 g/mol. The highest BCUT2D eigenvalue weighted by Gasteiger charge is 2.17. The van der Waals surface area contributed by atoms with Crippen LogP contribution in [-0.4, -0.2) is 9.13 Å². The molecule has 0 spiro atoms. The van der Waals surface area contributed by atoms with E-state index in [0.29, 0.717) is 0 Å². The van der Waals surface area contributed by atoms with Crippen molar-refractivity contribution in [3.8, 4) is 55.9 Å². The van der Waals surface area contributed by atoms with Crippen LogP contribution < -0.4 is 0 Å². The fraction of sp³-hybridized carbons (Fsp3) is 0. The second-order valence-corrected chi connectivity index (χ2v) is 14.6. The summed E-state index contributed by atoms with van der Waals surface area (Å²) in [6.07, 6.45) is 0. The molecule has 9 aromatic carbocycles. The largest absolute Gasteiger partial charge is 0.309 e. The van der Waals surface area contributed by atoms with E-state index >= 15 is 0 Å². The standard InChI is InChI=1S/C54H36N2/c1-4-14-37(15-5-1)39-18-12-19-40(32-39)41-20-13-23-46(33-41)56-51-25-11-10-24-47(51)49-34-42(28-31-53(49)56)43-27-30-52-50(35-43)48-29-26-44(38-16-6-2-7-17-38)36-54(48)55(52)45-21-8-3-9-22-45/h1-36H. The minimum Gasteiger partial charge on any atom is -0.309 e. The normalized spacial score (nSPS) is 11.6. The van der Waals surface area contributed by atoms with Gasteiger partial charge in [-0.05, 0) is 111 Å². The van der Waals surface area contributed by atoms with Crippen LogP contribution in [0.5, 0.6) is 0 Å². The second kappa shape index (κ2) is 13.2. The molecule has 0 unspecified atom stereocenters. The molecule has 0 aliphatic rings. The van der Waals surface area contributed by atoms with E-state index in [-0.39, 0.29) is 0 Å². The Morgan fingerprint density at radius 1 is 0.196 bits per heavy atom. The van der Waals surface area contributed by atoms with Gasteiger partial charge in [0.2, 0.25) is 0 Å². The molecule has 11 rings (SSSR count). The first kappa shape index (κ1) is 32.0. The number of nitrogens with zero attached hydrogens (tertiary/aromatic N) is 2. The summed E-state index contributed by atoms with van der Waals surface area (Å²) in [5.41, 5.74) is 16.8. The molecule has 0 radical (unpaired) electrons. The molecule has 2 aromatic heterocycles. The van der Waals surface area contributed by atoms with E-state index in [2.05, 4.69) is 228 Å². The Hall–Kier alpha value is -7.42. The van der Waals surface area contributed by atoms with Crippen LogP contribution in [0.4, 0.5) is 0 Å². The number of para-hydroxylation sites is 2. The third-order valence-corrected chi connectivity index (χ3v) is 11.3. The summed E-state index contributed by atoms with van der Waals surface area (Å²) in [5.74, 6) is 0. The van der Waals surface area contributed by atoms with Crippen molar-refractivity contribution in [2.75, 3.05) is 0 Å².